The summed E-state index contributed by atoms with van der Waals surface area (Å²) in [5, 5.41) is 6.16. The number of rotatable bonds is 11. The molecular weight excluding hydrogens is 444 g/mol. The van der Waals surface area contributed by atoms with Gasteiger partial charge in [0.05, 0.1) is 23.6 Å². The lowest BCUT2D eigenvalue weighted by Gasteiger charge is -2.10. The summed E-state index contributed by atoms with van der Waals surface area (Å²) in [5.41, 5.74) is 1.60. The van der Waals surface area contributed by atoms with Gasteiger partial charge >= 0.3 is 0 Å². The van der Waals surface area contributed by atoms with Crippen LogP contribution in [0.4, 0.5) is 0 Å². The van der Waals surface area contributed by atoms with Crippen LogP contribution in [-0.2, 0) is 21.3 Å². The number of nitrogens with zero attached hydrogens (tertiary/aromatic N) is 1. The summed E-state index contributed by atoms with van der Waals surface area (Å²) in [6.45, 7) is 5.00. The van der Waals surface area contributed by atoms with Crippen LogP contribution in [-0.4, -0.2) is 38.8 Å². The number of aromatic nitrogens is 1. The molecule has 0 aliphatic heterocycles. The second-order valence-corrected chi connectivity index (χ2v) is 10.2. The molecule has 2 heterocycles. The normalized spacial score (nSPS) is 11.8. The number of benzene rings is 2. The van der Waals surface area contributed by atoms with Crippen LogP contribution in [0.1, 0.15) is 10.4 Å². The first kappa shape index (κ1) is 22.5. The first-order chi connectivity index (χ1) is 15.6. The lowest BCUT2D eigenvalue weighted by Crippen LogP contribution is -2.20. The van der Waals surface area contributed by atoms with Gasteiger partial charge in [0.15, 0.2) is 0 Å². The van der Waals surface area contributed by atoms with Crippen LogP contribution in [0.3, 0.4) is 0 Å². The molecule has 6 nitrogen and oxygen atoms in total. The maximum absolute atomic E-state index is 13.1. The Morgan fingerprint density at radius 1 is 0.969 bits per heavy atom. The van der Waals surface area contributed by atoms with Gasteiger partial charge < -0.3 is 14.8 Å². The minimum Gasteiger partial charge on any atom is -0.490 e. The molecule has 0 saturated carbocycles. The summed E-state index contributed by atoms with van der Waals surface area (Å²) in [6, 6.07) is 18.2. The number of aryl methyl sites for hydroxylation is 1. The van der Waals surface area contributed by atoms with E-state index in [4.69, 9.17) is 9.47 Å². The molecular formula is C24H26N2O4S2. The SMILES string of the molecule is Cc1ccc(S(=O)(=O)n2ccc3c(OCCOCCNCc4cccs4)cccc32)cc1. The summed E-state index contributed by atoms with van der Waals surface area (Å²) in [7, 11) is -3.68. The monoisotopic (exact) mass is 470 g/mol. The first-order valence-corrected chi connectivity index (χ1v) is 12.7. The third-order valence-corrected chi connectivity index (χ3v) is 7.60. The van der Waals surface area contributed by atoms with E-state index in [-0.39, 0.29) is 4.90 Å². The van der Waals surface area contributed by atoms with E-state index in [1.54, 1.807) is 60.0 Å². The molecule has 168 valence electrons. The van der Waals surface area contributed by atoms with E-state index in [0.717, 1.165) is 24.0 Å². The van der Waals surface area contributed by atoms with E-state index < -0.39 is 10.0 Å². The van der Waals surface area contributed by atoms with Crippen LogP contribution in [0.25, 0.3) is 10.9 Å². The van der Waals surface area contributed by atoms with Gasteiger partial charge in [-0.25, -0.2) is 12.4 Å². The molecule has 8 heteroatoms. The number of ether oxygens (including phenoxy) is 2. The highest BCUT2D eigenvalue weighted by Crippen LogP contribution is 2.29. The first-order valence-electron chi connectivity index (χ1n) is 10.4. The Morgan fingerprint density at radius 2 is 1.81 bits per heavy atom. The van der Waals surface area contributed by atoms with Crippen molar-refractivity contribution in [1.29, 1.82) is 0 Å². The molecule has 4 aromatic rings. The average molecular weight is 471 g/mol. The molecule has 0 fully saturated rings. The van der Waals surface area contributed by atoms with E-state index in [1.165, 1.54) is 8.85 Å². The Balaban J connectivity index is 1.32. The van der Waals surface area contributed by atoms with Crippen LogP contribution in [0, 0.1) is 6.92 Å². The third kappa shape index (κ3) is 5.21. The van der Waals surface area contributed by atoms with Crippen molar-refractivity contribution in [2.75, 3.05) is 26.4 Å². The Kier molecular flexibility index (Phi) is 7.26. The highest BCUT2D eigenvalue weighted by atomic mass is 32.2. The molecule has 0 radical (unpaired) electrons. The predicted molar refractivity (Wildman–Crippen MR) is 128 cm³/mol. The minimum atomic E-state index is -3.68. The summed E-state index contributed by atoms with van der Waals surface area (Å²) in [6.07, 6.45) is 1.57. The van der Waals surface area contributed by atoms with Crippen molar-refractivity contribution in [1.82, 2.24) is 9.29 Å². The van der Waals surface area contributed by atoms with Crippen molar-refractivity contribution in [2.24, 2.45) is 0 Å². The molecule has 0 saturated heterocycles. The molecule has 0 bridgehead atoms. The van der Waals surface area contributed by atoms with Crippen LogP contribution in [0.5, 0.6) is 5.75 Å². The van der Waals surface area contributed by atoms with Crippen LogP contribution >= 0.6 is 11.3 Å². The van der Waals surface area contributed by atoms with Gasteiger partial charge in [-0.15, -0.1) is 11.3 Å². The van der Waals surface area contributed by atoms with Crippen molar-refractivity contribution < 1.29 is 17.9 Å². The second kappa shape index (κ2) is 10.3. The molecule has 2 aromatic carbocycles. The van der Waals surface area contributed by atoms with Crippen molar-refractivity contribution in [3.8, 4) is 5.75 Å². The second-order valence-electron chi connectivity index (χ2n) is 7.34. The van der Waals surface area contributed by atoms with Crippen LogP contribution < -0.4 is 10.1 Å². The molecule has 4 rings (SSSR count). The Hall–Kier alpha value is -2.65. The molecule has 0 aliphatic rings. The van der Waals surface area contributed by atoms with E-state index >= 15 is 0 Å². The molecule has 1 N–H and O–H groups in total. The lowest BCUT2D eigenvalue weighted by atomic mass is 10.2. The summed E-state index contributed by atoms with van der Waals surface area (Å²) < 4.78 is 39.0. The maximum atomic E-state index is 13.1. The number of nitrogens with one attached hydrogen (secondary N) is 1. The molecule has 0 unspecified atom stereocenters. The molecule has 0 spiro atoms. The molecule has 0 amide bonds. The number of fused-ring (bicyclic) bond motifs is 1. The van der Waals surface area contributed by atoms with Gasteiger partial charge in [0.1, 0.15) is 12.4 Å². The van der Waals surface area contributed by atoms with E-state index in [2.05, 4.69) is 16.8 Å². The third-order valence-electron chi connectivity index (χ3n) is 5.02. The topological polar surface area (TPSA) is 69.6 Å². The zero-order valence-corrected chi connectivity index (χ0v) is 19.5. The summed E-state index contributed by atoms with van der Waals surface area (Å²) >= 11 is 1.73. The highest BCUT2D eigenvalue weighted by Gasteiger charge is 2.19. The van der Waals surface area contributed by atoms with Gasteiger partial charge in [-0.05, 0) is 48.7 Å². The fraction of sp³-hybridized carbons (Fsp3) is 0.250. The molecule has 32 heavy (non-hydrogen) atoms. The van der Waals surface area contributed by atoms with Gasteiger partial charge in [0, 0.05) is 29.5 Å². The Morgan fingerprint density at radius 3 is 2.59 bits per heavy atom. The van der Waals surface area contributed by atoms with Crippen molar-refractivity contribution in [3.05, 3.63) is 82.7 Å². The van der Waals surface area contributed by atoms with Gasteiger partial charge in [-0.2, -0.15) is 0 Å². The zero-order chi connectivity index (χ0) is 22.4. The van der Waals surface area contributed by atoms with Crippen LogP contribution in [0.2, 0.25) is 0 Å². The van der Waals surface area contributed by atoms with Crippen molar-refractivity contribution in [3.63, 3.8) is 0 Å². The average Bonchev–Trinajstić information content (AvgIpc) is 3.46. The zero-order valence-electron chi connectivity index (χ0n) is 17.9. The smallest absolute Gasteiger partial charge is 0.268 e. The number of hydrogen-bond acceptors (Lipinski definition) is 6. The molecule has 2 aromatic heterocycles. The fourth-order valence-corrected chi connectivity index (χ4v) is 5.38. The Bertz CT molecular complexity index is 1250. The number of hydrogen-bond donors (Lipinski definition) is 1. The van der Waals surface area contributed by atoms with Gasteiger partial charge in [0.25, 0.3) is 10.0 Å². The minimum absolute atomic E-state index is 0.257. The predicted octanol–water partition coefficient (Wildman–Crippen LogP) is 4.43. The summed E-state index contributed by atoms with van der Waals surface area (Å²) in [4.78, 5) is 1.56. The quantitative estimate of drug-likeness (QED) is 0.328. The van der Waals surface area contributed by atoms with Gasteiger partial charge in [-0.1, -0.05) is 29.8 Å². The largest absolute Gasteiger partial charge is 0.490 e. The number of thiophene rings is 1. The summed E-state index contributed by atoms with van der Waals surface area (Å²) in [5.74, 6) is 0.639. The van der Waals surface area contributed by atoms with Crippen molar-refractivity contribution >= 4 is 32.3 Å². The van der Waals surface area contributed by atoms with E-state index in [1.807, 2.05) is 19.1 Å². The fourth-order valence-electron chi connectivity index (χ4n) is 3.36. The van der Waals surface area contributed by atoms with E-state index in [9.17, 15) is 8.42 Å². The standard InChI is InChI=1S/C24H26N2O4S2/c1-19-7-9-21(10-8-19)32(27,28)26-13-11-22-23(26)5-2-6-24(22)30-16-15-29-14-12-25-18-20-4-3-17-31-20/h2-11,13,17,25H,12,14-16,18H2,1H3. The van der Waals surface area contributed by atoms with E-state index in [0.29, 0.717) is 31.1 Å². The van der Waals surface area contributed by atoms with Crippen molar-refractivity contribution in [2.45, 2.75) is 18.4 Å². The van der Waals surface area contributed by atoms with Gasteiger partial charge in [-0.3, -0.25) is 0 Å². The maximum Gasteiger partial charge on any atom is 0.268 e. The lowest BCUT2D eigenvalue weighted by molar-refractivity contribution is 0.102. The Labute approximate surface area is 192 Å². The highest BCUT2D eigenvalue weighted by molar-refractivity contribution is 7.90. The molecule has 0 atom stereocenters. The van der Waals surface area contributed by atoms with Crippen LogP contribution in [0.15, 0.2) is 77.1 Å². The molecule has 0 aliphatic carbocycles. The van der Waals surface area contributed by atoms with Gasteiger partial charge in [0.2, 0.25) is 0 Å².